The van der Waals surface area contributed by atoms with E-state index < -0.39 is 69.6 Å². The maximum Gasteiger partial charge on any atom is 0.337 e. The van der Waals surface area contributed by atoms with Crippen LogP contribution in [0, 0.1) is 41.7 Å². The molecule has 10 nitrogen and oxygen atoms in total. The molecule has 4 N–H and O–H groups in total. The van der Waals surface area contributed by atoms with Crippen molar-refractivity contribution in [3.05, 3.63) is 92.5 Å². The van der Waals surface area contributed by atoms with Crippen LogP contribution in [0.15, 0.2) is 52.3 Å². The van der Waals surface area contributed by atoms with Crippen molar-refractivity contribution in [2.75, 3.05) is 10.7 Å². The predicted molar refractivity (Wildman–Crippen MR) is 125 cm³/mol. The van der Waals surface area contributed by atoms with Gasteiger partial charge in [0.1, 0.15) is 17.9 Å². The van der Waals surface area contributed by atoms with Crippen LogP contribution in [0.2, 0.25) is 0 Å². The summed E-state index contributed by atoms with van der Waals surface area (Å²) in [6.07, 6.45) is 2.65. The summed E-state index contributed by atoms with van der Waals surface area (Å²) in [5, 5.41) is 9.97. The third-order valence-corrected chi connectivity index (χ3v) is 5.29. The summed E-state index contributed by atoms with van der Waals surface area (Å²) in [4.78, 5) is 34.7. The molecule has 1 aromatic carbocycles. The molecule has 4 rings (SSSR count). The lowest BCUT2D eigenvalue weighted by Crippen LogP contribution is -2.44. The predicted octanol–water partition coefficient (Wildman–Crippen LogP) is 2.44. The third-order valence-electron chi connectivity index (χ3n) is 5.29. The van der Waals surface area contributed by atoms with Crippen LogP contribution in [-0.4, -0.2) is 19.1 Å². The van der Waals surface area contributed by atoms with Gasteiger partial charge < -0.3 is 5.73 Å². The lowest BCUT2D eigenvalue weighted by atomic mass is 10.1. The fourth-order valence-corrected chi connectivity index (χ4v) is 3.65. The minimum atomic E-state index is -1.57. The van der Waals surface area contributed by atoms with Gasteiger partial charge in [-0.25, -0.2) is 33.4 Å². The molecule has 0 spiro atoms. The Balaban J connectivity index is 2.19. The molecule has 0 amide bonds. The summed E-state index contributed by atoms with van der Waals surface area (Å²) in [7, 11) is 0. The van der Waals surface area contributed by atoms with E-state index in [9.17, 15) is 32.4 Å². The van der Waals surface area contributed by atoms with E-state index in [2.05, 4.69) is 9.97 Å². The van der Waals surface area contributed by atoms with Gasteiger partial charge in [-0.15, -0.1) is 0 Å². The molecule has 0 saturated heterocycles. The number of nitrogen functional groups attached to an aromatic ring is 1. The Labute approximate surface area is 205 Å². The van der Waals surface area contributed by atoms with E-state index in [0.29, 0.717) is 33.3 Å². The Kier molecular flexibility index (Phi) is 6.47. The number of halogens is 4. The minimum Gasteiger partial charge on any atom is -0.397 e. The van der Waals surface area contributed by atoms with Crippen LogP contribution in [0.3, 0.4) is 0 Å². The first-order chi connectivity index (χ1) is 17.5. The first kappa shape index (κ1) is 25.1. The van der Waals surface area contributed by atoms with Gasteiger partial charge in [0.05, 0.1) is 35.0 Å². The highest BCUT2D eigenvalue weighted by molar-refractivity contribution is 5.81. The molecule has 0 bridgehead atoms. The first-order valence-electron chi connectivity index (χ1n) is 10.4. The number of anilines is 3. The van der Waals surface area contributed by atoms with Crippen molar-refractivity contribution in [3.8, 4) is 23.1 Å². The lowest BCUT2D eigenvalue weighted by molar-refractivity contribution is 0.480. The van der Waals surface area contributed by atoms with E-state index in [1.54, 1.807) is 13.0 Å². The summed E-state index contributed by atoms with van der Waals surface area (Å²) in [6, 6.07) is 6.05. The Morgan fingerprint density at radius 1 is 1.05 bits per heavy atom. The number of nitriles is 1. The van der Waals surface area contributed by atoms with E-state index in [0.717, 1.165) is 10.6 Å². The van der Waals surface area contributed by atoms with Gasteiger partial charge in [0.25, 0.3) is 5.56 Å². The van der Waals surface area contributed by atoms with Crippen LogP contribution in [-0.2, 0) is 6.54 Å². The molecule has 0 aliphatic carbocycles. The van der Waals surface area contributed by atoms with Crippen LogP contribution < -0.4 is 27.8 Å². The van der Waals surface area contributed by atoms with E-state index in [1.807, 2.05) is 0 Å². The van der Waals surface area contributed by atoms with E-state index in [4.69, 9.17) is 11.6 Å². The molecule has 14 heteroatoms. The Bertz CT molecular complexity index is 1710. The SMILES string of the molecule is Cc1cncc(-n2c(=O)c(N(N)c3cc(F)c(F)cc3N)c(-c3ccc(F)c(F)n3)n(CC#N)c2=O)c1. The number of aryl methyl sites for hydroxylation is 1. The summed E-state index contributed by atoms with van der Waals surface area (Å²) in [6.45, 7) is 0.954. The summed E-state index contributed by atoms with van der Waals surface area (Å²) in [5.41, 5.74) is 1.79. The summed E-state index contributed by atoms with van der Waals surface area (Å²) in [5.74, 6) is 0.626. The number of hydrogen-bond donors (Lipinski definition) is 2. The van der Waals surface area contributed by atoms with Crippen LogP contribution in [0.4, 0.5) is 34.6 Å². The Hall–Kier alpha value is -5.03. The number of hydrazine groups is 1. The molecule has 3 aromatic heterocycles. The molecule has 37 heavy (non-hydrogen) atoms. The van der Waals surface area contributed by atoms with Gasteiger partial charge in [-0.05, 0) is 30.7 Å². The second kappa shape index (κ2) is 9.55. The first-order valence-corrected chi connectivity index (χ1v) is 10.4. The lowest BCUT2D eigenvalue weighted by Gasteiger charge is -2.25. The smallest absolute Gasteiger partial charge is 0.337 e. The highest BCUT2D eigenvalue weighted by atomic mass is 19.2. The molecule has 0 aliphatic heterocycles. The second-order valence-corrected chi connectivity index (χ2v) is 7.75. The topological polar surface area (TPSA) is 149 Å². The summed E-state index contributed by atoms with van der Waals surface area (Å²) < 4.78 is 56.9. The third kappa shape index (κ3) is 4.39. The Morgan fingerprint density at radius 2 is 1.76 bits per heavy atom. The standard InChI is InChI=1S/C23H16F4N8O2/c1-11-6-12(10-31-9-11)34-22(36)20(35(30)18-8-15(26)14(25)7-16(18)29)19(33(5-4-28)23(34)37)17-3-2-13(24)21(27)32-17/h2-3,6-10H,5,29-30H2,1H3. The summed E-state index contributed by atoms with van der Waals surface area (Å²) >= 11 is 0. The number of pyridine rings is 2. The van der Waals surface area contributed by atoms with Gasteiger partial charge in [0.15, 0.2) is 17.5 Å². The maximum atomic E-state index is 14.1. The van der Waals surface area contributed by atoms with Crippen LogP contribution >= 0.6 is 0 Å². The number of benzene rings is 1. The van der Waals surface area contributed by atoms with Gasteiger partial charge >= 0.3 is 5.69 Å². The molecule has 0 radical (unpaired) electrons. The number of aromatic nitrogens is 4. The monoisotopic (exact) mass is 512 g/mol. The van der Waals surface area contributed by atoms with Crippen molar-refractivity contribution in [2.45, 2.75) is 13.5 Å². The quantitative estimate of drug-likeness (QED) is 0.136. The van der Waals surface area contributed by atoms with Crippen LogP contribution in [0.1, 0.15) is 5.56 Å². The molecular formula is C23H16F4N8O2. The van der Waals surface area contributed by atoms with Crippen molar-refractivity contribution >= 4 is 17.1 Å². The molecule has 0 aliphatic rings. The zero-order valence-electron chi connectivity index (χ0n) is 18.9. The molecule has 0 fully saturated rings. The van der Waals surface area contributed by atoms with Crippen molar-refractivity contribution in [1.29, 1.82) is 5.26 Å². The molecule has 4 aromatic rings. The zero-order valence-corrected chi connectivity index (χ0v) is 18.9. The number of nitrogens with zero attached hydrogens (tertiary/aromatic N) is 6. The molecule has 3 heterocycles. The highest BCUT2D eigenvalue weighted by Gasteiger charge is 2.28. The highest BCUT2D eigenvalue weighted by Crippen LogP contribution is 2.33. The maximum absolute atomic E-state index is 14.1. The zero-order chi connectivity index (χ0) is 27.0. The van der Waals surface area contributed by atoms with E-state index in [-0.39, 0.29) is 5.69 Å². The average molecular weight is 512 g/mol. The van der Waals surface area contributed by atoms with Crippen LogP contribution in [0.5, 0.6) is 0 Å². The number of hydrogen-bond acceptors (Lipinski definition) is 8. The largest absolute Gasteiger partial charge is 0.397 e. The fourth-order valence-electron chi connectivity index (χ4n) is 3.65. The van der Waals surface area contributed by atoms with Gasteiger partial charge in [0.2, 0.25) is 5.95 Å². The average Bonchev–Trinajstić information content (AvgIpc) is 2.84. The van der Waals surface area contributed by atoms with Gasteiger partial charge in [-0.2, -0.15) is 9.65 Å². The molecular weight excluding hydrogens is 496 g/mol. The molecule has 0 unspecified atom stereocenters. The number of rotatable bonds is 5. The fraction of sp³-hybridized carbons (Fsp3) is 0.0870. The van der Waals surface area contributed by atoms with Crippen molar-refractivity contribution < 1.29 is 17.6 Å². The minimum absolute atomic E-state index is 0.0144. The molecule has 0 saturated carbocycles. The van der Waals surface area contributed by atoms with Gasteiger partial charge in [-0.1, -0.05) is 0 Å². The second-order valence-electron chi connectivity index (χ2n) is 7.75. The van der Waals surface area contributed by atoms with E-state index >= 15 is 0 Å². The van der Waals surface area contributed by atoms with Gasteiger partial charge in [0, 0.05) is 18.3 Å². The van der Waals surface area contributed by atoms with E-state index in [1.165, 1.54) is 18.5 Å². The van der Waals surface area contributed by atoms with Crippen molar-refractivity contribution in [1.82, 2.24) is 19.1 Å². The molecule has 0 atom stereocenters. The molecule has 188 valence electrons. The Morgan fingerprint density at radius 3 is 2.41 bits per heavy atom. The van der Waals surface area contributed by atoms with Gasteiger partial charge in [-0.3, -0.25) is 19.4 Å². The van der Waals surface area contributed by atoms with Crippen molar-refractivity contribution in [2.24, 2.45) is 5.84 Å². The van der Waals surface area contributed by atoms with Crippen LogP contribution in [0.25, 0.3) is 17.1 Å². The number of nitrogens with two attached hydrogens (primary N) is 2. The normalized spacial score (nSPS) is 10.8. The van der Waals surface area contributed by atoms with Crippen molar-refractivity contribution in [3.63, 3.8) is 0 Å².